The lowest BCUT2D eigenvalue weighted by Crippen LogP contribution is -2.56. The summed E-state index contributed by atoms with van der Waals surface area (Å²) in [6.07, 6.45) is 3.40. The summed E-state index contributed by atoms with van der Waals surface area (Å²) in [5, 5.41) is 13.2. The van der Waals surface area contributed by atoms with Crippen molar-refractivity contribution < 1.29 is 38.5 Å². The lowest BCUT2D eigenvalue weighted by molar-refractivity contribution is -0.163. The van der Waals surface area contributed by atoms with Gasteiger partial charge in [-0.15, -0.1) is 13.2 Å². The topological polar surface area (TPSA) is 135 Å². The fourth-order valence-corrected chi connectivity index (χ4v) is 7.65. The van der Waals surface area contributed by atoms with Gasteiger partial charge in [-0.25, -0.2) is 0 Å². The lowest BCUT2D eigenvalue weighted by atomic mass is 9.70. The Kier molecular flexibility index (Phi) is 11.9. The van der Waals surface area contributed by atoms with Gasteiger partial charge in [0.05, 0.1) is 30.6 Å². The van der Waals surface area contributed by atoms with E-state index in [0.717, 1.165) is 0 Å². The Morgan fingerprint density at radius 1 is 1.16 bits per heavy atom. The van der Waals surface area contributed by atoms with Crippen molar-refractivity contribution in [1.82, 2.24) is 10.2 Å². The molecule has 0 unspecified atom stereocenters. The van der Waals surface area contributed by atoms with Crippen LogP contribution in [0.25, 0.3) is 0 Å². The molecule has 11 nitrogen and oxygen atoms in total. The molecule has 3 aliphatic heterocycles. The molecular formula is C37H44ClN3O8. The summed E-state index contributed by atoms with van der Waals surface area (Å²) < 4.78 is 18.3. The number of hydrogen-bond acceptors (Lipinski definition) is 8. The first-order valence-electron chi connectivity index (χ1n) is 16.6. The number of anilines is 1. The molecule has 3 aliphatic rings. The normalized spacial score (nSPS) is 25.0. The van der Waals surface area contributed by atoms with Crippen molar-refractivity contribution in [3.63, 3.8) is 0 Å². The molecule has 3 fully saturated rings. The average molecular weight is 694 g/mol. The van der Waals surface area contributed by atoms with Crippen molar-refractivity contribution in [2.24, 2.45) is 11.8 Å². The van der Waals surface area contributed by atoms with E-state index < -0.39 is 53.6 Å². The number of carbonyl (C=O) groups excluding carboxylic acids is 4. The van der Waals surface area contributed by atoms with Gasteiger partial charge in [-0.2, -0.15) is 0 Å². The number of amides is 3. The van der Waals surface area contributed by atoms with Gasteiger partial charge in [0.2, 0.25) is 11.8 Å². The van der Waals surface area contributed by atoms with Crippen molar-refractivity contribution in [3.8, 4) is 0 Å². The summed E-state index contributed by atoms with van der Waals surface area (Å²) >= 11 is 6.13. The lowest BCUT2D eigenvalue weighted by Gasteiger charge is -2.36. The summed E-state index contributed by atoms with van der Waals surface area (Å²) in [6.45, 7) is 7.63. The van der Waals surface area contributed by atoms with Crippen LogP contribution in [0.3, 0.4) is 0 Å². The SMILES string of the molecule is C=CCCC(=O)N[C@@H](COC)[C@@H](OC(=O)[C@@H]1[C@@H]2CC[C@]3(O2)[C@H](C(=O)N(CC=C)c2ccc(Cl)cc2)N(CCCO)C(=O)[C@@H]13)c1ccccc1. The van der Waals surface area contributed by atoms with Crippen LogP contribution >= 0.6 is 11.6 Å². The minimum atomic E-state index is -1.28. The van der Waals surface area contributed by atoms with Gasteiger partial charge in [-0.05, 0) is 55.5 Å². The highest BCUT2D eigenvalue weighted by Gasteiger charge is 2.75. The van der Waals surface area contributed by atoms with E-state index in [9.17, 15) is 24.3 Å². The number of carbonyl (C=O) groups is 4. The van der Waals surface area contributed by atoms with Gasteiger partial charge >= 0.3 is 5.97 Å². The minimum Gasteiger partial charge on any atom is -0.455 e. The predicted molar refractivity (Wildman–Crippen MR) is 184 cm³/mol. The molecule has 49 heavy (non-hydrogen) atoms. The van der Waals surface area contributed by atoms with E-state index in [1.807, 2.05) is 6.07 Å². The molecule has 5 rings (SSSR count). The molecule has 0 radical (unpaired) electrons. The zero-order valence-electron chi connectivity index (χ0n) is 27.7. The number of nitrogens with one attached hydrogen (secondary N) is 1. The molecule has 2 N–H and O–H groups in total. The highest BCUT2D eigenvalue weighted by Crippen LogP contribution is 2.59. The molecule has 3 heterocycles. The highest BCUT2D eigenvalue weighted by atomic mass is 35.5. The third kappa shape index (κ3) is 7.30. The van der Waals surface area contributed by atoms with Crippen molar-refractivity contribution in [2.75, 3.05) is 38.3 Å². The van der Waals surface area contributed by atoms with Crippen LogP contribution in [0, 0.1) is 11.8 Å². The number of likely N-dealkylation sites (tertiary alicyclic amines) is 1. The summed E-state index contributed by atoms with van der Waals surface area (Å²) in [6, 6.07) is 14.0. The van der Waals surface area contributed by atoms with Crippen LogP contribution in [0.5, 0.6) is 0 Å². The van der Waals surface area contributed by atoms with Crippen LogP contribution in [0.4, 0.5) is 5.69 Å². The number of hydrogen-bond donors (Lipinski definition) is 2. The minimum absolute atomic E-state index is 0.0545. The van der Waals surface area contributed by atoms with Crippen LogP contribution in [0.2, 0.25) is 5.02 Å². The Hall–Kier alpha value is -4.03. The van der Waals surface area contributed by atoms with E-state index in [1.165, 1.54) is 16.9 Å². The maximum atomic E-state index is 14.6. The summed E-state index contributed by atoms with van der Waals surface area (Å²) in [5.74, 6) is -3.66. The van der Waals surface area contributed by atoms with E-state index in [4.69, 9.17) is 25.8 Å². The number of fused-ring (bicyclic) bond motifs is 1. The molecule has 2 aromatic rings. The quantitative estimate of drug-likeness (QED) is 0.188. The van der Waals surface area contributed by atoms with Crippen molar-refractivity contribution >= 4 is 41.0 Å². The van der Waals surface area contributed by atoms with Crippen molar-refractivity contribution in [2.45, 2.75) is 62.0 Å². The fourth-order valence-electron chi connectivity index (χ4n) is 7.53. The van der Waals surface area contributed by atoms with Gasteiger partial charge in [-0.3, -0.25) is 19.2 Å². The van der Waals surface area contributed by atoms with Crippen LogP contribution in [-0.4, -0.2) is 90.9 Å². The van der Waals surface area contributed by atoms with Gasteiger partial charge in [0, 0.05) is 43.9 Å². The maximum absolute atomic E-state index is 14.6. The van der Waals surface area contributed by atoms with Crippen LogP contribution in [0.1, 0.15) is 43.8 Å². The average Bonchev–Trinajstić information content (AvgIpc) is 3.75. The van der Waals surface area contributed by atoms with Crippen LogP contribution in [0.15, 0.2) is 79.9 Å². The second-order valence-corrected chi connectivity index (χ2v) is 13.0. The second kappa shape index (κ2) is 16.1. The molecule has 3 saturated heterocycles. The first-order valence-corrected chi connectivity index (χ1v) is 17.0. The number of ether oxygens (including phenoxy) is 3. The van der Waals surface area contributed by atoms with Gasteiger partial charge < -0.3 is 34.4 Å². The van der Waals surface area contributed by atoms with Crippen molar-refractivity contribution in [1.29, 1.82) is 0 Å². The number of aliphatic hydroxyl groups excluding tert-OH is 1. The maximum Gasteiger partial charge on any atom is 0.313 e. The number of rotatable bonds is 17. The zero-order valence-corrected chi connectivity index (χ0v) is 28.4. The molecule has 2 aromatic carbocycles. The van der Waals surface area contributed by atoms with Gasteiger partial charge in [-0.1, -0.05) is 54.1 Å². The number of allylic oxidation sites excluding steroid dienone is 1. The molecule has 0 aromatic heterocycles. The monoisotopic (exact) mass is 693 g/mol. The van der Waals surface area contributed by atoms with Crippen molar-refractivity contribution in [3.05, 3.63) is 90.5 Å². The first-order chi connectivity index (χ1) is 23.7. The Morgan fingerprint density at radius 2 is 1.90 bits per heavy atom. The first kappa shape index (κ1) is 36.3. The number of halogens is 1. The molecule has 7 atom stereocenters. The number of nitrogens with zero attached hydrogens (tertiary/aromatic N) is 2. The highest BCUT2D eigenvalue weighted by molar-refractivity contribution is 6.30. The molecule has 3 amide bonds. The second-order valence-electron chi connectivity index (χ2n) is 12.6. The van der Waals surface area contributed by atoms with E-state index in [2.05, 4.69) is 18.5 Å². The Labute approximate surface area is 291 Å². The Bertz CT molecular complexity index is 1520. The molecule has 12 heteroatoms. The summed E-state index contributed by atoms with van der Waals surface area (Å²) in [4.78, 5) is 59.1. The molecule has 2 bridgehead atoms. The molecule has 0 saturated carbocycles. The van der Waals surface area contributed by atoms with Gasteiger partial charge in [0.1, 0.15) is 17.7 Å². The van der Waals surface area contributed by atoms with Gasteiger partial charge in [0.25, 0.3) is 5.91 Å². The smallest absolute Gasteiger partial charge is 0.313 e. The summed E-state index contributed by atoms with van der Waals surface area (Å²) in [7, 11) is 1.50. The van der Waals surface area contributed by atoms with E-state index in [0.29, 0.717) is 35.5 Å². The molecule has 1 spiro atoms. The van der Waals surface area contributed by atoms with E-state index in [1.54, 1.807) is 60.7 Å². The summed E-state index contributed by atoms with van der Waals surface area (Å²) in [5.41, 5.74) is -0.0759. The third-order valence-electron chi connectivity index (χ3n) is 9.58. The van der Waals surface area contributed by atoms with E-state index >= 15 is 0 Å². The number of esters is 1. The zero-order chi connectivity index (χ0) is 35.1. The number of methoxy groups -OCH3 is 1. The molecule has 262 valence electrons. The van der Waals surface area contributed by atoms with Gasteiger partial charge in [0.15, 0.2) is 0 Å². The van der Waals surface area contributed by atoms with E-state index in [-0.39, 0.29) is 51.0 Å². The Morgan fingerprint density at radius 3 is 2.55 bits per heavy atom. The molecular weight excluding hydrogens is 650 g/mol. The largest absolute Gasteiger partial charge is 0.455 e. The third-order valence-corrected chi connectivity index (χ3v) is 9.84. The number of aliphatic hydroxyl groups is 1. The standard InChI is InChI=1S/C37H44ClN3O8/c1-4-6-13-29(43)39-27(23-47-3)32(24-11-8-7-9-12-24)48-36(46)30-28-18-19-37(49-28)31(30)34(44)41(21-10-22-42)33(37)35(45)40(20-5-2)26-16-14-25(38)15-17-26/h4-5,7-9,11-12,14-17,27-28,30-33,42H,1-2,6,10,13,18-23H2,3H3,(H,39,43)/t27-,28-,30+,31+,32-,33-,37+/m0/s1. The van der Waals surface area contributed by atoms with Crippen LogP contribution < -0.4 is 10.2 Å². The molecule has 0 aliphatic carbocycles. The fraction of sp³-hybridized carbons (Fsp3) is 0.459. The number of benzene rings is 2. The Balaban J connectivity index is 1.48. The predicted octanol–water partition coefficient (Wildman–Crippen LogP) is 4.00. The van der Waals surface area contributed by atoms with Crippen LogP contribution in [-0.2, 0) is 33.4 Å².